The van der Waals surface area contributed by atoms with Crippen molar-refractivity contribution in [3.63, 3.8) is 0 Å². The smallest absolute Gasteiger partial charge is 0.295 e. The van der Waals surface area contributed by atoms with Crippen molar-refractivity contribution < 1.29 is 14.3 Å². The van der Waals surface area contributed by atoms with E-state index >= 15 is 0 Å². The van der Waals surface area contributed by atoms with Crippen LogP contribution in [0.4, 0.5) is 0 Å². The van der Waals surface area contributed by atoms with E-state index in [9.17, 15) is 4.79 Å². The van der Waals surface area contributed by atoms with Gasteiger partial charge in [0.2, 0.25) is 6.29 Å². The molecule has 0 spiro atoms. The zero-order chi connectivity index (χ0) is 6.53. The Bertz CT molecular complexity index is 90.2. The molecule has 1 aliphatic heterocycles. The van der Waals surface area contributed by atoms with E-state index in [1.165, 1.54) is 0 Å². The van der Waals surface area contributed by atoms with Crippen LogP contribution in [-0.2, 0) is 14.3 Å². The highest BCUT2D eigenvalue weighted by Gasteiger charge is 2.13. The topological polar surface area (TPSA) is 35.5 Å². The SMILES string of the molecule is O=COC1CSCCO1. The standard InChI is InChI=1S/C5H8O3S/c6-4-8-5-3-9-2-1-7-5/h4-5H,1-3H2. The molecule has 1 atom stereocenters. The molecule has 0 aromatic carbocycles. The summed E-state index contributed by atoms with van der Waals surface area (Å²) in [4.78, 5) is 9.76. The molecule has 1 aliphatic rings. The van der Waals surface area contributed by atoms with Gasteiger partial charge in [0, 0.05) is 5.75 Å². The summed E-state index contributed by atoms with van der Waals surface area (Å²) >= 11 is 1.73. The molecule has 1 fully saturated rings. The van der Waals surface area contributed by atoms with E-state index < -0.39 is 0 Å². The maximum absolute atomic E-state index is 9.76. The average molecular weight is 148 g/mol. The van der Waals surface area contributed by atoms with Crippen molar-refractivity contribution in [3.8, 4) is 0 Å². The third-order valence-electron chi connectivity index (χ3n) is 0.993. The molecule has 1 unspecified atom stereocenters. The van der Waals surface area contributed by atoms with E-state index in [0.29, 0.717) is 13.1 Å². The highest BCUT2D eigenvalue weighted by molar-refractivity contribution is 7.99. The fourth-order valence-electron chi connectivity index (χ4n) is 0.607. The molecule has 0 aliphatic carbocycles. The highest BCUT2D eigenvalue weighted by Crippen LogP contribution is 2.12. The van der Waals surface area contributed by atoms with Crippen LogP contribution in [0.3, 0.4) is 0 Å². The molecule has 3 nitrogen and oxygen atoms in total. The van der Waals surface area contributed by atoms with Crippen LogP contribution in [0.15, 0.2) is 0 Å². The van der Waals surface area contributed by atoms with Gasteiger partial charge in [-0.1, -0.05) is 0 Å². The first-order chi connectivity index (χ1) is 4.43. The Hall–Kier alpha value is -0.220. The fraction of sp³-hybridized carbons (Fsp3) is 0.800. The predicted molar refractivity (Wildman–Crippen MR) is 34.2 cm³/mol. The zero-order valence-electron chi connectivity index (χ0n) is 4.91. The van der Waals surface area contributed by atoms with Gasteiger partial charge in [-0.2, -0.15) is 11.8 Å². The molecule has 0 aromatic rings. The van der Waals surface area contributed by atoms with Crippen LogP contribution in [-0.4, -0.2) is 30.9 Å². The van der Waals surface area contributed by atoms with Crippen LogP contribution in [0, 0.1) is 0 Å². The van der Waals surface area contributed by atoms with Crippen LogP contribution in [0.2, 0.25) is 0 Å². The van der Waals surface area contributed by atoms with Gasteiger partial charge >= 0.3 is 0 Å². The summed E-state index contributed by atoms with van der Waals surface area (Å²) in [7, 11) is 0. The number of thioether (sulfide) groups is 1. The quantitative estimate of drug-likeness (QED) is 0.526. The van der Waals surface area contributed by atoms with Crippen molar-refractivity contribution >= 4 is 18.2 Å². The Morgan fingerprint density at radius 3 is 3.22 bits per heavy atom. The lowest BCUT2D eigenvalue weighted by Crippen LogP contribution is -2.25. The Labute approximate surface area is 57.7 Å². The van der Waals surface area contributed by atoms with Gasteiger partial charge in [-0.3, -0.25) is 4.79 Å². The highest BCUT2D eigenvalue weighted by atomic mass is 32.2. The van der Waals surface area contributed by atoms with Crippen molar-refractivity contribution in [2.45, 2.75) is 6.29 Å². The lowest BCUT2D eigenvalue weighted by Gasteiger charge is -2.19. The van der Waals surface area contributed by atoms with Gasteiger partial charge in [-0.15, -0.1) is 0 Å². The van der Waals surface area contributed by atoms with Gasteiger partial charge in [-0.25, -0.2) is 0 Å². The van der Waals surface area contributed by atoms with Gasteiger partial charge in [0.1, 0.15) is 0 Å². The molecule has 4 heteroatoms. The Balaban J connectivity index is 2.15. The molecule has 9 heavy (non-hydrogen) atoms. The summed E-state index contributed by atoms with van der Waals surface area (Å²) in [6.45, 7) is 1.11. The minimum atomic E-state index is -0.304. The largest absolute Gasteiger partial charge is 0.437 e. The summed E-state index contributed by atoms with van der Waals surface area (Å²) in [5.74, 6) is 1.76. The van der Waals surface area contributed by atoms with E-state index in [-0.39, 0.29) is 6.29 Å². The van der Waals surface area contributed by atoms with E-state index in [0.717, 1.165) is 11.5 Å². The van der Waals surface area contributed by atoms with E-state index in [2.05, 4.69) is 4.74 Å². The number of rotatable bonds is 2. The number of carbonyl (C=O) groups is 1. The van der Waals surface area contributed by atoms with E-state index in [1.54, 1.807) is 11.8 Å². The molecular weight excluding hydrogens is 140 g/mol. The normalized spacial score (nSPS) is 27.3. The minimum absolute atomic E-state index is 0.304. The molecule has 0 bridgehead atoms. The number of hydrogen-bond donors (Lipinski definition) is 0. The molecule has 0 N–H and O–H groups in total. The Morgan fingerprint density at radius 2 is 2.67 bits per heavy atom. The number of carbonyl (C=O) groups excluding carboxylic acids is 1. The van der Waals surface area contributed by atoms with Gasteiger partial charge in [0.15, 0.2) is 0 Å². The number of ether oxygens (including phenoxy) is 2. The first-order valence-corrected chi connectivity index (χ1v) is 3.87. The average Bonchev–Trinajstić information content (AvgIpc) is 1.91. The monoisotopic (exact) mass is 148 g/mol. The molecule has 0 radical (unpaired) electrons. The second-order valence-corrected chi connectivity index (χ2v) is 2.76. The molecule has 0 amide bonds. The first kappa shape index (κ1) is 6.89. The molecule has 0 aromatic heterocycles. The maximum Gasteiger partial charge on any atom is 0.295 e. The minimum Gasteiger partial charge on any atom is -0.437 e. The summed E-state index contributed by atoms with van der Waals surface area (Å²) in [6, 6.07) is 0. The second-order valence-electron chi connectivity index (χ2n) is 1.61. The van der Waals surface area contributed by atoms with Crippen molar-refractivity contribution in [3.05, 3.63) is 0 Å². The van der Waals surface area contributed by atoms with Crippen LogP contribution >= 0.6 is 11.8 Å². The van der Waals surface area contributed by atoms with Gasteiger partial charge in [0.05, 0.1) is 12.4 Å². The van der Waals surface area contributed by atoms with Crippen molar-refractivity contribution in [1.82, 2.24) is 0 Å². The van der Waals surface area contributed by atoms with Crippen LogP contribution in [0.5, 0.6) is 0 Å². The zero-order valence-corrected chi connectivity index (χ0v) is 5.73. The van der Waals surface area contributed by atoms with Crippen molar-refractivity contribution in [2.75, 3.05) is 18.1 Å². The fourth-order valence-corrected chi connectivity index (χ4v) is 1.35. The molecule has 1 saturated heterocycles. The predicted octanol–water partition coefficient (Wildman–Crippen LogP) is 0.249. The number of hydrogen-bond acceptors (Lipinski definition) is 4. The summed E-state index contributed by atoms with van der Waals surface area (Å²) in [6.07, 6.45) is -0.304. The molecule has 52 valence electrons. The Morgan fingerprint density at radius 1 is 1.78 bits per heavy atom. The molecule has 1 rings (SSSR count). The lowest BCUT2D eigenvalue weighted by molar-refractivity contribution is -0.158. The molecule has 1 heterocycles. The van der Waals surface area contributed by atoms with Crippen LogP contribution < -0.4 is 0 Å². The van der Waals surface area contributed by atoms with E-state index in [4.69, 9.17) is 4.74 Å². The maximum atomic E-state index is 9.76. The molecular formula is C5H8O3S. The van der Waals surface area contributed by atoms with Crippen molar-refractivity contribution in [2.24, 2.45) is 0 Å². The molecule has 0 saturated carbocycles. The Kier molecular flexibility index (Phi) is 2.86. The third kappa shape index (κ3) is 2.24. The van der Waals surface area contributed by atoms with Crippen LogP contribution in [0.25, 0.3) is 0 Å². The second kappa shape index (κ2) is 3.74. The summed E-state index contributed by atoms with van der Waals surface area (Å²) in [5, 5.41) is 0. The lowest BCUT2D eigenvalue weighted by atomic mass is 10.7. The third-order valence-corrected chi connectivity index (χ3v) is 1.96. The van der Waals surface area contributed by atoms with Gasteiger partial charge < -0.3 is 9.47 Å². The summed E-state index contributed by atoms with van der Waals surface area (Å²) < 4.78 is 9.60. The van der Waals surface area contributed by atoms with Gasteiger partial charge in [-0.05, 0) is 0 Å². The van der Waals surface area contributed by atoms with Crippen molar-refractivity contribution in [1.29, 1.82) is 0 Å². The van der Waals surface area contributed by atoms with Gasteiger partial charge in [0.25, 0.3) is 6.47 Å². The first-order valence-electron chi connectivity index (χ1n) is 2.72. The van der Waals surface area contributed by atoms with Crippen LogP contribution in [0.1, 0.15) is 0 Å². The van der Waals surface area contributed by atoms with E-state index in [1.807, 2.05) is 0 Å². The summed E-state index contributed by atoms with van der Waals surface area (Å²) in [5.41, 5.74) is 0.